The van der Waals surface area contributed by atoms with Crippen molar-refractivity contribution in [1.82, 2.24) is 9.88 Å². The van der Waals surface area contributed by atoms with E-state index in [2.05, 4.69) is 4.98 Å². The van der Waals surface area contributed by atoms with E-state index < -0.39 is 0 Å². The van der Waals surface area contributed by atoms with Gasteiger partial charge in [0.05, 0.1) is 18.8 Å². The number of hydrogen-bond acceptors (Lipinski definition) is 5. The molecule has 0 N–H and O–H groups in total. The van der Waals surface area contributed by atoms with Crippen molar-refractivity contribution in [3.8, 4) is 10.6 Å². The van der Waals surface area contributed by atoms with E-state index in [9.17, 15) is 4.79 Å². The van der Waals surface area contributed by atoms with E-state index in [-0.39, 0.29) is 18.1 Å². The van der Waals surface area contributed by atoms with Gasteiger partial charge in [0.15, 0.2) is 0 Å². The van der Waals surface area contributed by atoms with Gasteiger partial charge < -0.3 is 9.64 Å². The fraction of sp³-hybridized carbons (Fsp3) is 0.429. The van der Waals surface area contributed by atoms with Crippen LogP contribution in [0.1, 0.15) is 24.3 Å². The molecule has 1 fully saturated rings. The van der Waals surface area contributed by atoms with Crippen molar-refractivity contribution in [2.24, 2.45) is 0 Å². The molecule has 1 aliphatic rings. The standard InChI is InChI=1S/C14H16N2O2S2/c1-9-6-18-10(2)5-16(9)14(17)12-8-20-13(15-12)11-3-4-19-7-11/h3-4,7-10H,5-6H2,1-2H3/t9-,10+/m0/s1. The van der Waals surface area contributed by atoms with Crippen LogP contribution >= 0.6 is 22.7 Å². The molecule has 20 heavy (non-hydrogen) atoms. The highest BCUT2D eigenvalue weighted by Crippen LogP contribution is 2.26. The maximum absolute atomic E-state index is 12.6. The molecular formula is C14H16N2O2S2. The highest BCUT2D eigenvalue weighted by molar-refractivity contribution is 7.14. The molecule has 2 atom stereocenters. The van der Waals surface area contributed by atoms with E-state index in [0.717, 1.165) is 10.6 Å². The quantitative estimate of drug-likeness (QED) is 0.856. The summed E-state index contributed by atoms with van der Waals surface area (Å²) in [5, 5.41) is 6.82. The SMILES string of the molecule is C[C@@H]1CN(C(=O)c2csc(-c3ccsc3)n2)[C@@H](C)CO1. The number of rotatable bonds is 2. The van der Waals surface area contributed by atoms with E-state index in [1.165, 1.54) is 11.3 Å². The molecule has 0 spiro atoms. The topological polar surface area (TPSA) is 42.4 Å². The average Bonchev–Trinajstić information content (AvgIpc) is 3.10. The molecule has 2 aromatic rings. The van der Waals surface area contributed by atoms with Gasteiger partial charge in [0, 0.05) is 22.9 Å². The smallest absolute Gasteiger partial charge is 0.273 e. The second-order valence-electron chi connectivity index (χ2n) is 5.00. The molecule has 6 heteroatoms. The predicted molar refractivity (Wildman–Crippen MR) is 81.3 cm³/mol. The number of hydrogen-bond donors (Lipinski definition) is 0. The number of morpholine rings is 1. The minimum atomic E-state index is 0.00498. The number of nitrogens with zero attached hydrogens (tertiary/aromatic N) is 2. The lowest BCUT2D eigenvalue weighted by molar-refractivity contribution is -0.0388. The number of ether oxygens (including phenoxy) is 1. The lowest BCUT2D eigenvalue weighted by Gasteiger charge is -2.36. The van der Waals surface area contributed by atoms with E-state index in [0.29, 0.717) is 18.8 Å². The summed E-state index contributed by atoms with van der Waals surface area (Å²) in [6.07, 6.45) is 0.0881. The van der Waals surface area contributed by atoms with E-state index >= 15 is 0 Å². The van der Waals surface area contributed by atoms with E-state index in [4.69, 9.17) is 4.74 Å². The summed E-state index contributed by atoms with van der Waals surface area (Å²) in [6, 6.07) is 2.13. The first-order valence-electron chi connectivity index (χ1n) is 6.56. The molecule has 0 aliphatic carbocycles. The minimum absolute atomic E-state index is 0.00498. The highest BCUT2D eigenvalue weighted by Gasteiger charge is 2.29. The lowest BCUT2D eigenvalue weighted by atomic mass is 10.2. The first-order chi connectivity index (χ1) is 9.65. The third-order valence-corrected chi connectivity index (χ3v) is 4.93. The molecule has 3 rings (SSSR count). The van der Waals surface area contributed by atoms with Crippen LogP contribution in [0.5, 0.6) is 0 Å². The zero-order valence-corrected chi connectivity index (χ0v) is 13.0. The molecule has 0 saturated carbocycles. The fourth-order valence-corrected chi connectivity index (χ4v) is 3.73. The van der Waals surface area contributed by atoms with Gasteiger partial charge in [0.1, 0.15) is 10.7 Å². The number of aromatic nitrogens is 1. The van der Waals surface area contributed by atoms with Crippen molar-refractivity contribution in [3.63, 3.8) is 0 Å². The maximum Gasteiger partial charge on any atom is 0.273 e. The molecule has 1 aliphatic heterocycles. The Morgan fingerprint density at radius 3 is 3.05 bits per heavy atom. The van der Waals surface area contributed by atoms with Gasteiger partial charge in [-0.05, 0) is 25.3 Å². The van der Waals surface area contributed by atoms with Gasteiger partial charge in [0.2, 0.25) is 0 Å². The largest absolute Gasteiger partial charge is 0.375 e. The Morgan fingerprint density at radius 1 is 1.45 bits per heavy atom. The van der Waals surface area contributed by atoms with Gasteiger partial charge >= 0.3 is 0 Å². The third kappa shape index (κ3) is 2.63. The summed E-state index contributed by atoms with van der Waals surface area (Å²) in [5.41, 5.74) is 1.62. The molecule has 106 valence electrons. The van der Waals surface area contributed by atoms with Gasteiger partial charge in [-0.3, -0.25) is 4.79 Å². The molecule has 0 aromatic carbocycles. The molecule has 1 saturated heterocycles. The Labute approximate surface area is 126 Å². The highest BCUT2D eigenvalue weighted by atomic mass is 32.1. The Kier molecular flexibility index (Phi) is 3.87. The van der Waals surface area contributed by atoms with Crippen LogP contribution in [0.25, 0.3) is 10.6 Å². The van der Waals surface area contributed by atoms with Crippen LogP contribution in [0.15, 0.2) is 22.2 Å². The first-order valence-corrected chi connectivity index (χ1v) is 8.38. The molecule has 1 amide bonds. The van der Waals surface area contributed by atoms with Gasteiger partial charge in [-0.1, -0.05) is 0 Å². The Morgan fingerprint density at radius 2 is 2.30 bits per heavy atom. The number of carbonyl (C=O) groups excluding carboxylic acids is 1. The van der Waals surface area contributed by atoms with Crippen molar-refractivity contribution in [2.75, 3.05) is 13.2 Å². The van der Waals surface area contributed by atoms with Crippen LogP contribution < -0.4 is 0 Å². The summed E-state index contributed by atoms with van der Waals surface area (Å²) in [4.78, 5) is 18.9. The molecule has 0 unspecified atom stereocenters. The zero-order valence-electron chi connectivity index (χ0n) is 11.4. The summed E-state index contributed by atoms with van der Waals surface area (Å²) < 4.78 is 5.56. The van der Waals surface area contributed by atoms with Crippen LogP contribution in [-0.2, 0) is 4.74 Å². The normalized spacial score (nSPS) is 23.0. The average molecular weight is 308 g/mol. The van der Waals surface area contributed by atoms with Gasteiger partial charge in [-0.15, -0.1) is 11.3 Å². The van der Waals surface area contributed by atoms with E-state index in [1.54, 1.807) is 11.3 Å². The Balaban J connectivity index is 1.80. The second kappa shape index (κ2) is 5.63. The van der Waals surface area contributed by atoms with Crippen molar-refractivity contribution in [3.05, 3.63) is 27.9 Å². The van der Waals surface area contributed by atoms with Crippen molar-refractivity contribution >= 4 is 28.6 Å². The summed E-state index contributed by atoms with van der Waals surface area (Å²) in [6.45, 7) is 5.22. The summed E-state index contributed by atoms with van der Waals surface area (Å²) in [5.74, 6) is 0.00498. The summed E-state index contributed by atoms with van der Waals surface area (Å²) >= 11 is 3.15. The minimum Gasteiger partial charge on any atom is -0.375 e. The molecule has 0 radical (unpaired) electrons. The van der Waals surface area contributed by atoms with Gasteiger partial charge in [-0.25, -0.2) is 4.98 Å². The van der Waals surface area contributed by atoms with Crippen molar-refractivity contribution < 1.29 is 9.53 Å². The second-order valence-corrected chi connectivity index (χ2v) is 6.64. The predicted octanol–water partition coefficient (Wildman–Crippen LogP) is 3.12. The molecular weight excluding hydrogens is 292 g/mol. The van der Waals surface area contributed by atoms with Crippen LogP contribution in [0.4, 0.5) is 0 Å². The van der Waals surface area contributed by atoms with Gasteiger partial charge in [0.25, 0.3) is 5.91 Å². The van der Waals surface area contributed by atoms with Crippen LogP contribution in [0.3, 0.4) is 0 Å². The number of carbonyl (C=O) groups is 1. The fourth-order valence-electron chi connectivity index (χ4n) is 2.22. The third-order valence-electron chi connectivity index (χ3n) is 3.36. The van der Waals surface area contributed by atoms with Crippen molar-refractivity contribution in [2.45, 2.75) is 26.0 Å². The zero-order chi connectivity index (χ0) is 14.1. The molecule has 4 nitrogen and oxygen atoms in total. The van der Waals surface area contributed by atoms with Gasteiger partial charge in [-0.2, -0.15) is 11.3 Å². The van der Waals surface area contributed by atoms with Crippen LogP contribution in [0.2, 0.25) is 0 Å². The lowest BCUT2D eigenvalue weighted by Crippen LogP contribution is -2.50. The molecule has 3 heterocycles. The Hall–Kier alpha value is -1.24. The molecule has 2 aromatic heterocycles. The Bertz CT molecular complexity index is 594. The monoisotopic (exact) mass is 308 g/mol. The number of amides is 1. The van der Waals surface area contributed by atoms with Crippen LogP contribution in [0, 0.1) is 0 Å². The van der Waals surface area contributed by atoms with E-state index in [1.807, 2.05) is 41.0 Å². The van der Waals surface area contributed by atoms with Crippen molar-refractivity contribution in [1.29, 1.82) is 0 Å². The summed E-state index contributed by atoms with van der Waals surface area (Å²) in [7, 11) is 0. The van der Waals surface area contributed by atoms with Crippen LogP contribution in [-0.4, -0.2) is 41.1 Å². The molecule has 0 bridgehead atoms. The number of thiophene rings is 1. The first kappa shape index (κ1) is 13.7. The number of thiazole rings is 1. The maximum atomic E-state index is 12.6.